The van der Waals surface area contributed by atoms with Gasteiger partial charge in [0.25, 0.3) is 0 Å². The van der Waals surface area contributed by atoms with Crippen molar-refractivity contribution >= 4 is 27.3 Å². The van der Waals surface area contributed by atoms with Crippen LogP contribution in [0.1, 0.15) is 38.5 Å². The Balaban J connectivity index is 1.61. The molecule has 0 radical (unpaired) electrons. The topological polar surface area (TPSA) is 51.4 Å². The van der Waals surface area contributed by atoms with E-state index in [1.165, 1.54) is 12.8 Å². The van der Waals surface area contributed by atoms with E-state index in [0.717, 1.165) is 41.2 Å². The molecule has 2 aromatic rings. The first-order valence-corrected chi connectivity index (χ1v) is 9.78. The van der Waals surface area contributed by atoms with Crippen LogP contribution in [0.5, 0.6) is 0 Å². The van der Waals surface area contributed by atoms with Gasteiger partial charge < -0.3 is 9.26 Å². The van der Waals surface area contributed by atoms with E-state index in [1.807, 2.05) is 12.1 Å². The average molecular weight is 400 g/mol. The van der Waals surface area contributed by atoms with Crippen LogP contribution in [-0.2, 0) is 11.3 Å². The number of hydrogen-bond donors (Lipinski definition) is 0. The van der Waals surface area contributed by atoms with Gasteiger partial charge in [0.15, 0.2) is 0 Å². The summed E-state index contributed by atoms with van der Waals surface area (Å²) in [6.07, 6.45) is 5.05. The van der Waals surface area contributed by atoms with Gasteiger partial charge in [0.1, 0.15) is 0 Å². The minimum Gasteiger partial charge on any atom is -0.377 e. The van der Waals surface area contributed by atoms with Crippen molar-refractivity contribution in [1.82, 2.24) is 15.0 Å². The lowest BCUT2D eigenvalue weighted by Gasteiger charge is -2.28. The third-order valence-electron chi connectivity index (χ3n) is 3.90. The van der Waals surface area contributed by atoms with Gasteiger partial charge in [0, 0.05) is 13.2 Å². The largest absolute Gasteiger partial charge is 0.377 e. The first-order chi connectivity index (χ1) is 11.2. The fraction of sp³-hybridized carbons (Fsp3) is 0.625. The SMILES string of the molecule is CCCN(Cc1nc(-c2ccc(Br)s2)no1)CC1CCCCO1. The zero-order valence-electron chi connectivity index (χ0n) is 13.3. The number of thiophene rings is 1. The van der Waals surface area contributed by atoms with Crippen LogP contribution >= 0.6 is 27.3 Å². The van der Waals surface area contributed by atoms with Gasteiger partial charge in [-0.1, -0.05) is 12.1 Å². The lowest BCUT2D eigenvalue weighted by Crippen LogP contribution is -2.36. The molecule has 0 aliphatic carbocycles. The van der Waals surface area contributed by atoms with Crippen LogP contribution in [0.3, 0.4) is 0 Å². The van der Waals surface area contributed by atoms with Gasteiger partial charge in [-0.15, -0.1) is 11.3 Å². The molecule has 5 nitrogen and oxygen atoms in total. The Morgan fingerprint density at radius 3 is 3.00 bits per heavy atom. The standard InChI is InChI=1S/C16H22BrN3O2S/c1-2-8-20(10-12-5-3-4-9-21-12)11-15-18-16(19-22-15)13-6-7-14(17)23-13/h6-7,12H,2-5,8-11H2,1H3. The highest BCUT2D eigenvalue weighted by molar-refractivity contribution is 9.11. The van der Waals surface area contributed by atoms with E-state index in [4.69, 9.17) is 9.26 Å². The predicted molar refractivity (Wildman–Crippen MR) is 94.5 cm³/mol. The van der Waals surface area contributed by atoms with Crippen molar-refractivity contribution in [3.05, 3.63) is 21.8 Å². The van der Waals surface area contributed by atoms with Gasteiger partial charge in [-0.2, -0.15) is 4.98 Å². The van der Waals surface area contributed by atoms with E-state index in [1.54, 1.807) is 11.3 Å². The summed E-state index contributed by atoms with van der Waals surface area (Å²) < 4.78 is 12.4. The lowest BCUT2D eigenvalue weighted by atomic mass is 10.1. The number of hydrogen-bond acceptors (Lipinski definition) is 6. The molecular weight excluding hydrogens is 378 g/mol. The fourth-order valence-corrected chi connectivity index (χ4v) is 4.15. The number of nitrogens with zero attached hydrogens (tertiary/aromatic N) is 3. The van der Waals surface area contributed by atoms with Crippen molar-refractivity contribution in [3.8, 4) is 10.7 Å². The summed E-state index contributed by atoms with van der Waals surface area (Å²) in [5.41, 5.74) is 0. The molecule has 0 N–H and O–H groups in total. The Morgan fingerprint density at radius 2 is 2.30 bits per heavy atom. The first-order valence-electron chi connectivity index (χ1n) is 8.17. The van der Waals surface area contributed by atoms with Gasteiger partial charge in [-0.25, -0.2) is 0 Å². The van der Waals surface area contributed by atoms with Crippen molar-refractivity contribution in [2.75, 3.05) is 19.7 Å². The smallest absolute Gasteiger partial charge is 0.241 e. The second-order valence-electron chi connectivity index (χ2n) is 5.84. The maximum absolute atomic E-state index is 5.86. The summed E-state index contributed by atoms with van der Waals surface area (Å²) in [4.78, 5) is 7.92. The summed E-state index contributed by atoms with van der Waals surface area (Å²) in [5.74, 6) is 1.34. The molecule has 2 aromatic heterocycles. The number of aromatic nitrogens is 2. The van der Waals surface area contributed by atoms with Crippen molar-refractivity contribution in [2.45, 2.75) is 45.3 Å². The zero-order chi connectivity index (χ0) is 16.1. The van der Waals surface area contributed by atoms with Crippen LogP contribution in [0, 0.1) is 0 Å². The molecule has 1 aliphatic rings. The van der Waals surface area contributed by atoms with Crippen LogP contribution in [0.4, 0.5) is 0 Å². The first kappa shape index (κ1) is 17.1. The second kappa shape index (κ2) is 8.37. The van der Waals surface area contributed by atoms with Crippen molar-refractivity contribution in [2.24, 2.45) is 0 Å². The van der Waals surface area contributed by atoms with Crippen LogP contribution < -0.4 is 0 Å². The van der Waals surface area contributed by atoms with E-state index in [-0.39, 0.29) is 0 Å². The minimum absolute atomic E-state index is 0.339. The Labute approximate surface area is 149 Å². The molecule has 0 aromatic carbocycles. The maximum atomic E-state index is 5.86. The summed E-state index contributed by atoms with van der Waals surface area (Å²) in [6.45, 7) is 5.73. The second-order valence-corrected chi connectivity index (χ2v) is 8.30. The van der Waals surface area contributed by atoms with Crippen molar-refractivity contribution < 1.29 is 9.26 Å². The molecule has 23 heavy (non-hydrogen) atoms. The molecule has 1 aliphatic heterocycles. The molecule has 1 atom stereocenters. The van der Waals surface area contributed by atoms with Gasteiger partial charge in [-0.3, -0.25) is 4.90 Å². The molecule has 1 fully saturated rings. The zero-order valence-corrected chi connectivity index (χ0v) is 15.7. The molecule has 7 heteroatoms. The summed E-state index contributed by atoms with van der Waals surface area (Å²) in [7, 11) is 0. The monoisotopic (exact) mass is 399 g/mol. The normalized spacial score (nSPS) is 18.7. The summed E-state index contributed by atoms with van der Waals surface area (Å²) in [6, 6.07) is 4.00. The molecular formula is C16H22BrN3O2S. The van der Waals surface area contributed by atoms with E-state index < -0.39 is 0 Å². The molecule has 3 rings (SSSR count). The van der Waals surface area contributed by atoms with Crippen LogP contribution in [0.25, 0.3) is 10.7 Å². The highest BCUT2D eigenvalue weighted by atomic mass is 79.9. The van der Waals surface area contributed by atoms with Crippen LogP contribution in [-0.4, -0.2) is 40.8 Å². The molecule has 0 saturated carbocycles. The summed E-state index contributed by atoms with van der Waals surface area (Å²) in [5, 5.41) is 4.11. The highest BCUT2D eigenvalue weighted by Gasteiger charge is 2.20. The van der Waals surface area contributed by atoms with Crippen LogP contribution in [0.2, 0.25) is 0 Å². The van der Waals surface area contributed by atoms with E-state index in [0.29, 0.717) is 24.4 Å². The van der Waals surface area contributed by atoms with Crippen molar-refractivity contribution in [1.29, 1.82) is 0 Å². The Hall–Kier alpha value is -0.760. The lowest BCUT2D eigenvalue weighted by molar-refractivity contribution is -0.00861. The Bertz CT molecular complexity index is 610. The molecule has 3 heterocycles. The predicted octanol–water partition coefficient (Wildman–Crippen LogP) is 4.34. The van der Waals surface area contributed by atoms with Gasteiger partial charge in [0.05, 0.1) is 21.3 Å². The Kier molecular flexibility index (Phi) is 6.21. The average Bonchev–Trinajstić information content (AvgIpc) is 3.17. The van der Waals surface area contributed by atoms with Crippen molar-refractivity contribution in [3.63, 3.8) is 0 Å². The molecule has 0 amide bonds. The van der Waals surface area contributed by atoms with E-state index in [2.05, 4.69) is 37.9 Å². The third kappa shape index (κ3) is 4.86. The summed E-state index contributed by atoms with van der Waals surface area (Å²) >= 11 is 5.07. The molecule has 1 unspecified atom stereocenters. The molecule has 0 bridgehead atoms. The molecule has 1 saturated heterocycles. The number of halogens is 1. The van der Waals surface area contributed by atoms with Crippen LogP contribution in [0.15, 0.2) is 20.4 Å². The fourth-order valence-electron chi connectivity index (χ4n) is 2.84. The highest BCUT2D eigenvalue weighted by Crippen LogP contribution is 2.29. The van der Waals surface area contributed by atoms with Gasteiger partial charge >= 0.3 is 0 Å². The number of rotatable bonds is 7. The minimum atomic E-state index is 0.339. The third-order valence-corrected chi connectivity index (χ3v) is 5.52. The van der Waals surface area contributed by atoms with Gasteiger partial charge in [0.2, 0.25) is 11.7 Å². The Morgan fingerprint density at radius 1 is 1.39 bits per heavy atom. The molecule has 0 spiro atoms. The number of ether oxygens (including phenoxy) is 1. The maximum Gasteiger partial charge on any atom is 0.241 e. The van der Waals surface area contributed by atoms with Gasteiger partial charge in [-0.05, 0) is 60.3 Å². The van der Waals surface area contributed by atoms with E-state index >= 15 is 0 Å². The molecule has 126 valence electrons. The quantitative estimate of drug-likeness (QED) is 0.692. The van der Waals surface area contributed by atoms with E-state index in [9.17, 15) is 0 Å².